The third-order valence-electron chi connectivity index (χ3n) is 3.79. The van der Waals surface area contributed by atoms with Gasteiger partial charge in [0.2, 0.25) is 0 Å². The van der Waals surface area contributed by atoms with Crippen LogP contribution in [-0.4, -0.2) is 37.7 Å². The highest BCUT2D eigenvalue weighted by molar-refractivity contribution is 5.56. The van der Waals surface area contributed by atoms with Crippen LogP contribution in [0.5, 0.6) is 0 Å². The summed E-state index contributed by atoms with van der Waals surface area (Å²) in [5.74, 6) is 0. The van der Waals surface area contributed by atoms with E-state index in [4.69, 9.17) is 4.74 Å². The van der Waals surface area contributed by atoms with Crippen molar-refractivity contribution < 1.29 is 4.74 Å². The second kappa shape index (κ2) is 7.51. The molecule has 1 aliphatic rings. The Morgan fingerprint density at radius 2 is 2.21 bits per heavy atom. The Balaban J connectivity index is 2.00. The van der Waals surface area contributed by atoms with Crippen LogP contribution in [0.25, 0.3) is 0 Å². The molecule has 0 atom stereocenters. The maximum Gasteiger partial charge on any atom is 0.0593 e. The van der Waals surface area contributed by atoms with Crippen LogP contribution in [-0.2, 0) is 17.7 Å². The van der Waals surface area contributed by atoms with Gasteiger partial charge in [-0.25, -0.2) is 0 Å². The minimum Gasteiger partial charge on any atom is -0.385 e. The molecule has 0 amide bonds. The Labute approximate surface area is 116 Å². The molecule has 1 aromatic rings. The first kappa shape index (κ1) is 14.4. The van der Waals surface area contributed by atoms with Gasteiger partial charge in [-0.3, -0.25) is 4.90 Å². The molecule has 0 saturated heterocycles. The number of anilines is 1. The van der Waals surface area contributed by atoms with Gasteiger partial charge in [-0.1, -0.05) is 19.1 Å². The molecule has 3 heteroatoms. The van der Waals surface area contributed by atoms with E-state index in [1.54, 1.807) is 0 Å². The molecule has 0 aromatic heterocycles. The van der Waals surface area contributed by atoms with Crippen LogP contribution in [0.3, 0.4) is 0 Å². The highest BCUT2D eigenvalue weighted by Gasteiger charge is 2.14. The lowest BCUT2D eigenvalue weighted by Gasteiger charge is -2.25. The van der Waals surface area contributed by atoms with Gasteiger partial charge in [0.1, 0.15) is 0 Å². The summed E-state index contributed by atoms with van der Waals surface area (Å²) in [7, 11) is 0. The largest absolute Gasteiger partial charge is 0.385 e. The lowest BCUT2D eigenvalue weighted by molar-refractivity contribution is 0.113. The topological polar surface area (TPSA) is 24.5 Å². The lowest BCUT2D eigenvalue weighted by atomic mass is 9.97. The summed E-state index contributed by atoms with van der Waals surface area (Å²) < 4.78 is 5.46. The van der Waals surface area contributed by atoms with Gasteiger partial charge >= 0.3 is 0 Å². The van der Waals surface area contributed by atoms with Crippen molar-refractivity contribution in [3.05, 3.63) is 29.3 Å². The van der Waals surface area contributed by atoms with Crippen molar-refractivity contribution in [1.29, 1.82) is 0 Å². The van der Waals surface area contributed by atoms with E-state index in [9.17, 15) is 0 Å². The van der Waals surface area contributed by atoms with Gasteiger partial charge in [0.25, 0.3) is 0 Å². The number of hydrogen-bond donors (Lipinski definition) is 1. The van der Waals surface area contributed by atoms with Crippen molar-refractivity contribution in [2.24, 2.45) is 0 Å². The van der Waals surface area contributed by atoms with Gasteiger partial charge in [-0.15, -0.1) is 0 Å². The van der Waals surface area contributed by atoms with Crippen LogP contribution in [0.2, 0.25) is 0 Å². The Bertz CT molecular complexity index is 392. The molecule has 0 spiro atoms. The van der Waals surface area contributed by atoms with Gasteiger partial charge in [-0.2, -0.15) is 0 Å². The molecule has 0 unspecified atom stereocenters. The van der Waals surface area contributed by atoms with E-state index in [-0.39, 0.29) is 0 Å². The van der Waals surface area contributed by atoms with Crippen molar-refractivity contribution in [3.63, 3.8) is 0 Å². The summed E-state index contributed by atoms with van der Waals surface area (Å²) in [6, 6.07) is 6.65. The van der Waals surface area contributed by atoms with Crippen molar-refractivity contribution in [1.82, 2.24) is 4.90 Å². The Morgan fingerprint density at radius 3 is 3.00 bits per heavy atom. The highest BCUT2D eigenvalue weighted by atomic mass is 16.5. The monoisotopic (exact) mass is 262 g/mol. The zero-order chi connectivity index (χ0) is 13.5. The van der Waals surface area contributed by atoms with E-state index < -0.39 is 0 Å². The summed E-state index contributed by atoms with van der Waals surface area (Å²) in [5.41, 5.74) is 4.33. The molecule has 1 N–H and O–H groups in total. The third kappa shape index (κ3) is 3.95. The number of ether oxygens (including phenoxy) is 1. The fourth-order valence-corrected chi connectivity index (χ4v) is 2.66. The SMILES string of the molecule is CCOCCN(CC)Cc1cccc2c1CCCN2. The zero-order valence-corrected chi connectivity index (χ0v) is 12.2. The van der Waals surface area contributed by atoms with Crippen LogP contribution in [0.1, 0.15) is 31.4 Å². The second-order valence-corrected chi connectivity index (χ2v) is 5.04. The maximum absolute atomic E-state index is 5.46. The Morgan fingerprint density at radius 1 is 1.32 bits per heavy atom. The predicted octanol–water partition coefficient (Wildman–Crippen LogP) is 2.90. The number of hydrogen-bond acceptors (Lipinski definition) is 3. The predicted molar refractivity (Wildman–Crippen MR) is 80.7 cm³/mol. The summed E-state index contributed by atoms with van der Waals surface area (Å²) in [4.78, 5) is 2.46. The van der Waals surface area contributed by atoms with Crippen LogP contribution in [0.4, 0.5) is 5.69 Å². The van der Waals surface area contributed by atoms with Gasteiger partial charge in [-0.05, 0) is 43.5 Å². The number of benzene rings is 1. The summed E-state index contributed by atoms with van der Waals surface area (Å²) in [5, 5.41) is 3.50. The number of fused-ring (bicyclic) bond motifs is 1. The Hall–Kier alpha value is -1.06. The first-order valence-electron chi connectivity index (χ1n) is 7.49. The van der Waals surface area contributed by atoms with E-state index in [0.29, 0.717) is 0 Å². The number of nitrogens with one attached hydrogen (secondary N) is 1. The van der Waals surface area contributed by atoms with Gasteiger partial charge in [0, 0.05) is 31.9 Å². The average molecular weight is 262 g/mol. The smallest absolute Gasteiger partial charge is 0.0593 e. The van der Waals surface area contributed by atoms with Crippen molar-refractivity contribution in [2.45, 2.75) is 33.2 Å². The highest BCUT2D eigenvalue weighted by Crippen LogP contribution is 2.26. The van der Waals surface area contributed by atoms with Crippen LogP contribution in [0, 0.1) is 0 Å². The van der Waals surface area contributed by atoms with Crippen molar-refractivity contribution in [3.8, 4) is 0 Å². The van der Waals surface area contributed by atoms with E-state index in [1.165, 1.54) is 29.7 Å². The molecule has 1 aromatic carbocycles. The van der Waals surface area contributed by atoms with Crippen LogP contribution >= 0.6 is 0 Å². The molecule has 0 bridgehead atoms. The maximum atomic E-state index is 5.46. The third-order valence-corrected chi connectivity index (χ3v) is 3.79. The zero-order valence-electron chi connectivity index (χ0n) is 12.2. The quantitative estimate of drug-likeness (QED) is 0.765. The first-order chi connectivity index (χ1) is 9.35. The fourth-order valence-electron chi connectivity index (χ4n) is 2.66. The van der Waals surface area contributed by atoms with Gasteiger partial charge in [0.05, 0.1) is 6.61 Å². The molecular formula is C16H26N2O. The molecule has 3 nitrogen and oxygen atoms in total. The summed E-state index contributed by atoms with van der Waals surface area (Å²) >= 11 is 0. The Kier molecular flexibility index (Phi) is 5.67. The molecular weight excluding hydrogens is 236 g/mol. The number of nitrogens with zero attached hydrogens (tertiary/aromatic N) is 1. The average Bonchev–Trinajstić information content (AvgIpc) is 2.46. The van der Waals surface area contributed by atoms with E-state index in [0.717, 1.165) is 39.4 Å². The van der Waals surface area contributed by atoms with E-state index >= 15 is 0 Å². The molecule has 0 aliphatic carbocycles. The van der Waals surface area contributed by atoms with Gasteiger partial charge in [0.15, 0.2) is 0 Å². The molecule has 19 heavy (non-hydrogen) atoms. The molecule has 2 rings (SSSR count). The molecule has 106 valence electrons. The van der Waals surface area contributed by atoms with Crippen molar-refractivity contribution >= 4 is 5.69 Å². The van der Waals surface area contributed by atoms with Gasteiger partial charge < -0.3 is 10.1 Å². The molecule has 1 heterocycles. The fraction of sp³-hybridized carbons (Fsp3) is 0.625. The summed E-state index contributed by atoms with van der Waals surface area (Å²) in [6.45, 7) is 10.1. The molecule has 1 aliphatic heterocycles. The standard InChI is InChI=1S/C16H26N2O/c1-3-18(11-12-19-4-2)13-14-7-5-9-16-15(14)8-6-10-17-16/h5,7,9,17H,3-4,6,8,10-13H2,1-2H3. The summed E-state index contributed by atoms with van der Waals surface area (Å²) in [6.07, 6.45) is 2.45. The van der Waals surface area contributed by atoms with Crippen LogP contribution < -0.4 is 5.32 Å². The van der Waals surface area contributed by atoms with E-state index in [1.807, 2.05) is 0 Å². The number of likely N-dealkylation sites (N-methyl/N-ethyl adjacent to an activating group) is 1. The molecule has 0 saturated carbocycles. The molecule has 0 radical (unpaired) electrons. The van der Waals surface area contributed by atoms with Crippen LogP contribution in [0.15, 0.2) is 18.2 Å². The normalized spacial score (nSPS) is 14.3. The minimum absolute atomic E-state index is 0.808. The second-order valence-electron chi connectivity index (χ2n) is 5.04. The number of rotatable bonds is 7. The van der Waals surface area contributed by atoms with Crippen molar-refractivity contribution in [2.75, 3.05) is 38.2 Å². The minimum atomic E-state index is 0.808. The van der Waals surface area contributed by atoms with E-state index in [2.05, 4.69) is 42.3 Å². The molecule has 0 fully saturated rings. The first-order valence-corrected chi connectivity index (χ1v) is 7.49. The lowest BCUT2D eigenvalue weighted by Crippen LogP contribution is -2.28.